The number of methoxy groups -OCH3 is 1. The predicted octanol–water partition coefficient (Wildman–Crippen LogP) is 4.78. The molecule has 0 fully saturated rings. The van der Waals surface area contributed by atoms with Crippen LogP contribution in [0.2, 0.25) is 0 Å². The van der Waals surface area contributed by atoms with Crippen LogP contribution in [0.15, 0.2) is 77.5 Å². The van der Waals surface area contributed by atoms with Crippen LogP contribution in [0.3, 0.4) is 0 Å². The molecule has 4 aromatic rings. The van der Waals surface area contributed by atoms with Crippen molar-refractivity contribution in [3.63, 3.8) is 0 Å². The number of ether oxygens (including phenoxy) is 2. The number of amides is 1. The van der Waals surface area contributed by atoms with E-state index in [1.54, 1.807) is 43.8 Å². The van der Waals surface area contributed by atoms with Crippen molar-refractivity contribution in [1.82, 2.24) is 15.3 Å². The molecule has 0 spiro atoms. The summed E-state index contributed by atoms with van der Waals surface area (Å²) in [5, 5.41) is 2.86. The molecule has 0 atom stereocenters. The van der Waals surface area contributed by atoms with E-state index in [0.717, 1.165) is 16.9 Å². The highest BCUT2D eigenvalue weighted by atomic mass is 16.5. The van der Waals surface area contributed by atoms with Gasteiger partial charge >= 0.3 is 6.01 Å². The maximum Gasteiger partial charge on any atom is 0.321 e. The van der Waals surface area contributed by atoms with Crippen LogP contribution in [0, 0.1) is 6.92 Å². The van der Waals surface area contributed by atoms with Crippen molar-refractivity contribution >= 4 is 5.91 Å². The first-order chi connectivity index (χ1) is 15.1. The SMILES string of the molecule is COc1cccc(Oc2ncc(-c3cccc(C(=O)NCc4ccc(C)o4)c3)cn2)c1. The Hall–Kier alpha value is -4.13. The number of hydrogen-bond donors (Lipinski definition) is 1. The van der Waals surface area contributed by atoms with Gasteiger partial charge in [-0.1, -0.05) is 18.2 Å². The summed E-state index contributed by atoms with van der Waals surface area (Å²) in [6, 6.07) is 18.4. The van der Waals surface area contributed by atoms with Gasteiger partial charge in [-0.15, -0.1) is 0 Å². The summed E-state index contributed by atoms with van der Waals surface area (Å²) in [4.78, 5) is 21.0. The zero-order valence-corrected chi connectivity index (χ0v) is 17.2. The van der Waals surface area contributed by atoms with E-state index >= 15 is 0 Å². The van der Waals surface area contributed by atoms with Crippen LogP contribution < -0.4 is 14.8 Å². The van der Waals surface area contributed by atoms with Crippen molar-refractivity contribution in [2.75, 3.05) is 7.11 Å². The lowest BCUT2D eigenvalue weighted by atomic mass is 10.1. The van der Waals surface area contributed by atoms with Crippen LogP contribution in [-0.2, 0) is 6.54 Å². The number of nitrogens with zero attached hydrogens (tertiary/aromatic N) is 2. The van der Waals surface area contributed by atoms with Crippen molar-refractivity contribution in [3.8, 4) is 28.6 Å². The number of rotatable bonds is 7. The Balaban J connectivity index is 1.43. The summed E-state index contributed by atoms with van der Waals surface area (Å²) < 4.78 is 16.3. The predicted molar refractivity (Wildman–Crippen MR) is 115 cm³/mol. The van der Waals surface area contributed by atoms with E-state index in [4.69, 9.17) is 13.9 Å². The third-order valence-electron chi connectivity index (χ3n) is 4.56. The maximum absolute atomic E-state index is 12.5. The van der Waals surface area contributed by atoms with Gasteiger partial charge in [-0.3, -0.25) is 4.79 Å². The monoisotopic (exact) mass is 415 g/mol. The Morgan fingerprint density at radius 2 is 1.74 bits per heavy atom. The van der Waals surface area contributed by atoms with Gasteiger partial charge in [0, 0.05) is 29.6 Å². The van der Waals surface area contributed by atoms with Gasteiger partial charge in [0.1, 0.15) is 23.0 Å². The largest absolute Gasteiger partial charge is 0.497 e. The molecule has 0 unspecified atom stereocenters. The minimum Gasteiger partial charge on any atom is -0.497 e. The molecule has 7 heteroatoms. The first-order valence-electron chi connectivity index (χ1n) is 9.68. The highest BCUT2D eigenvalue weighted by Gasteiger charge is 2.09. The second-order valence-corrected chi connectivity index (χ2v) is 6.81. The molecule has 0 bridgehead atoms. The minimum atomic E-state index is -0.185. The fourth-order valence-electron chi connectivity index (χ4n) is 2.98. The van der Waals surface area contributed by atoms with Gasteiger partial charge in [-0.25, -0.2) is 9.97 Å². The van der Waals surface area contributed by atoms with Crippen LogP contribution >= 0.6 is 0 Å². The standard InChI is InChI=1S/C24H21N3O4/c1-16-9-10-22(30-16)15-25-23(28)18-6-3-5-17(11-18)19-13-26-24(27-14-19)31-21-8-4-7-20(12-21)29-2/h3-14H,15H2,1-2H3,(H,25,28). The topological polar surface area (TPSA) is 86.5 Å². The van der Waals surface area contributed by atoms with Gasteiger partial charge in [0.15, 0.2) is 0 Å². The molecule has 2 aromatic carbocycles. The Morgan fingerprint density at radius 3 is 2.48 bits per heavy atom. The van der Waals surface area contributed by atoms with Crippen LogP contribution in [0.25, 0.3) is 11.1 Å². The molecule has 31 heavy (non-hydrogen) atoms. The third kappa shape index (κ3) is 5.08. The first kappa shape index (κ1) is 20.2. The number of aromatic nitrogens is 2. The summed E-state index contributed by atoms with van der Waals surface area (Å²) >= 11 is 0. The number of nitrogens with one attached hydrogen (secondary N) is 1. The van der Waals surface area contributed by atoms with Crippen molar-refractivity contribution in [2.24, 2.45) is 0 Å². The molecule has 0 saturated heterocycles. The van der Waals surface area contributed by atoms with Gasteiger partial charge in [-0.2, -0.15) is 0 Å². The van der Waals surface area contributed by atoms with Gasteiger partial charge in [-0.05, 0) is 48.9 Å². The van der Waals surface area contributed by atoms with Crippen molar-refractivity contribution in [1.29, 1.82) is 0 Å². The molecule has 2 heterocycles. The molecular formula is C24H21N3O4. The highest BCUT2D eigenvalue weighted by molar-refractivity contribution is 5.95. The minimum absolute atomic E-state index is 0.185. The second-order valence-electron chi connectivity index (χ2n) is 6.81. The lowest BCUT2D eigenvalue weighted by molar-refractivity contribution is 0.0948. The molecule has 156 valence electrons. The Morgan fingerprint density at radius 1 is 0.968 bits per heavy atom. The molecule has 7 nitrogen and oxygen atoms in total. The average molecular weight is 415 g/mol. The summed E-state index contributed by atoms with van der Waals surface area (Å²) in [6.45, 7) is 2.19. The highest BCUT2D eigenvalue weighted by Crippen LogP contribution is 2.24. The first-order valence-corrected chi connectivity index (χ1v) is 9.68. The normalized spacial score (nSPS) is 10.5. The molecule has 2 aromatic heterocycles. The summed E-state index contributed by atoms with van der Waals surface area (Å²) in [5.74, 6) is 2.60. The van der Waals surface area contributed by atoms with Gasteiger partial charge in [0.05, 0.1) is 13.7 Å². The van der Waals surface area contributed by atoms with Crippen LogP contribution in [-0.4, -0.2) is 23.0 Å². The quantitative estimate of drug-likeness (QED) is 0.468. The maximum atomic E-state index is 12.5. The van der Waals surface area contributed by atoms with Crippen molar-refractivity contribution in [3.05, 3.63) is 90.1 Å². The van der Waals surface area contributed by atoms with E-state index in [2.05, 4.69) is 15.3 Å². The smallest absolute Gasteiger partial charge is 0.321 e. The molecule has 0 aliphatic rings. The average Bonchev–Trinajstić information content (AvgIpc) is 3.23. The number of benzene rings is 2. The fraction of sp³-hybridized carbons (Fsp3) is 0.125. The number of furan rings is 1. The second kappa shape index (κ2) is 9.13. The zero-order valence-electron chi connectivity index (χ0n) is 17.2. The van der Waals surface area contributed by atoms with E-state index in [-0.39, 0.29) is 11.9 Å². The van der Waals surface area contributed by atoms with Crippen LogP contribution in [0.1, 0.15) is 21.9 Å². The lowest BCUT2D eigenvalue weighted by Gasteiger charge is -2.08. The Labute approximate surface area is 179 Å². The zero-order chi connectivity index (χ0) is 21.6. The molecule has 0 aliphatic carbocycles. The van der Waals surface area contributed by atoms with Crippen LogP contribution in [0.5, 0.6) is 17.5 Å². The third-order valence-corrected chi connectivity index (χ3v) is 4.56. The number of carbonyl (C=O) groups is 1. The Bertz CT molecular complexity index is 1190. The van der Waals surface area contributed by atoms with E-state index in [9.17, 15) is 4.79 Å². The van der Waals surface area contributed by atoms with E-state index in [1.165, 1.54) is 0 Å². The fourth-order valence-corrected chi connectivity index (χ4v) is 2.98. The molecule has 0 saturated carbocycles. The lowest BCUT2D eigenvalue weighted by Crippen LogP contribution is -2.22. The number of aryl methyl sites for hydroxylation is 1. The molecule has 1 N–H and O–H groups in total. The molecule has 0 aliphatic heterocycles. The summed E-state index contributed by atoms with van der Waals surface area (Å²) in [7, 11) is 1.59. The molecule has 1 amide bonds. The van der Waals surface area contributed by atoms with Gasteiger partial charge in [0.2, 0.25) is 0 Å². The number of hydrogen-bond acceptors (Lipinski definition) is 6. The van der Waals surface area contributed by atoms with E-state index < -0.39 is 0 Å². The summed E-state index contributed by atoms with van der Waals surface area (Å²) in [6.07, 6.45) is 3.32. The Kier molecular flexibility index (Phi) is 5.93. The van der Waals surface area contributed by atoms with Crippen molar-refractivity contribution in [2.45, 2.75) is 13.5 Å². The number of carbonyl (C=O) groups excluding carboxylic acids is 1. The van der Waals surface area contributed by atoms with Gasteiger partial charge in [0.25, 0.3) is 5.91 Å². The molecular weight excluding hydrogens is 394 g/mol. The van der Waals surface area contributed by atoms with Crippen molar-refractivity contribution < 1.29 is 18.7 Å². The van der Waals surface area contributed by atoms with E-state index in [1.807, 2.05) is 43.3 Å². The van der Waals surface area contributed by atoms with Crippen LogP contribution in [0.4, 0.5) is 0 Å². The molecule has 0 radical (unpaired) electrons. The van der Waals surface area contributed by atoms with E-state index in [0.29, 0.717) is 29.4 Å². The molecule has 4 rings (SSSR count). The van der Waals surface area contributed by atoms with Gasteiger partial charge < -0.3 is 19.2 Å². The summed E-state index contributed by atoms with van der Waals surface area (Å²) in [5.41, 5.74) is 2.14.